The Morgan fingerprint density at radius 3 is 2.16 bits per heavy atom. The number of benzene rings is 1. The van der Waals surface area contributed by atoms with Gasteiger partial charge < -0.3 is 14.9 Å². The number of hydrogen-bond acceptors (Lipinski definition) is 3. The lowest BCUT2D eigenvalue weighted by molar-refractivity contribution is -0.147. The molecule has 25 heavy (non-hydrogen) atoms. The van der Waals surface area contributed by atoms with E-state index in [-0.39, 0.29) is 24.3 Å². The first-order valence-electron chi connectivity index (χ1n) is 8.92. The number of amides is 2. The Balaban J connectivity index is 1.63. The summed E-state index contributed by atoms with van der Waals surface area (Å²) in [7, 11) is 0. The number of likely N-dealkylation sites (tertiary alicyclic amines) is 2. The molecular formula is C19H24N2O4. The van der Waals surface area contributed by atoms with Gasteiger partial charge in [-0.1, -0.05) is 18.2 Å². The second-order valence-corrected chi connectivity index (χ2v) is 6.92. The van der Waals surface area contributed by atoms with Gasteiger partial charge in [0.15, 0.2) is 0 Å². The lowest BCUT2D eigenvalue weighted by Gasteiger charge is -2.37. The van der Waals surface area contributed by atoms with E-state index in [1.165, 1.54) is 0 Å². The highest BCUT2D eigenvalue weighted by Gasteiger charge is 2.34. The zero-order valence-electron chi connectivity index (χ0n) is 14.3. The average molecular weight is 344 g/mol. The van der Waals surface area contributed by atoms with Crippen LogP contribution in [0.1, 0.15) is 36.0 Å². The van der Waals surface area contributed by atoms with Gasteiger partial charge in [-0.3, -0.25) is 14.4 Å². The molecule has 1 aromatic rings. The first-order valence-corrected chi connectivity index (χ1v) is 8.92. The van der Waals surface area contributed by atoms with Gasteiger partial charge in [0, 0.05) is 31.7 Å². The van der Waals surface area contributed by atoms with Gasteiger partial charge in [0.25, 0.3) is 5.91 Å². The molecule has 2 fully saturated rings. The first-order chi connectivity index (χ1) is 12.1. The van der Waals surface area contributed by atoms with Gasteiger partial charge >= 0.3 is 5.97 Å². The van der Waals surface area contributed by atoms with E-state index in [1.807, 2.05) is 18.2 Å². The maximum Gasteiger partial charge on any atom is 0.308 e. The molecule has 2 saturated heterocycles. The summed E-state index contributed by atoms with van der Waals surface area (Å²) < 4.78 is 0. The molecule has 1 aromatic carbocycles. The topological polar surface area (TPSA) is 77.9 Å². The van der Waals surface area contributed by atoms with Crippen molar-refractivity contribution in [3.05, 3.63) is 35.9 Å². The van der Waals surface area contributed by atoms with Crippen molar-refractivity contribution < 1.29 is 19.5 Å². The zero-order valence-corrected chi connectivity index (χ0v) is 14.3. The molecule has 0 radical (unpaired) electrons. The second-order valence-electron chi connectivity index (χ2n) is 6.92. The third-order valence-electron chi connectivity index (χ3n) is 5.16. The first kappa shape index (κ1) is 17.5. The molecule has 2 heterocycles. The van der Waals surface area contributed by atoms with Crippen molar-refractivity contribution in [2.75, 3.05) is 26.2 Å². The van der Waals surface area contributed by atoms with Gasteiger partial charge in [-0.25, -0.2) is 0 Å². The highest BCUT2D eigenvalue weighted by atomic mass is 16.4. The van der Waals surface area contributed by atoms with Gasteiger partial charge in [0.1, 0.15) is 0 Å². The van der Waals surface area contributed by atoms with Crippen LogP contribution < -0.4 is 0 Å². The van der Waals surface area contributed by atoms with E-state index < -0.39 is 11.9 Å². The summed E-state index contributed by atoms with van der Waals surface area (Å²) >= 11 is 0. The van der Waals surface area contributed by atoms with E-state index >= 15 is 0 Å². The van der Waals surface area contributed by atoms with Crippen LogP contribution in [-0.2, 0) is 9.59 Å². The van der Waals surface area contributed by atoms with Crippen LogP contribution in [0.2, 0.25) is 0 Å². The fourth-order valence-corrected chi connectivity index (χ4v) is 3.76. The quantitative estimate of drug-likeness (QED) is 0.908. The van der Waals surface area contributed by atoms with Crippen molar-refractivity contribution in [3.8, 4) is 0 Å². The Kier molecular flexibility index (Phi) is 5.36. The van der Waals surface area contributed by atoms with Gasteiger partial charge in [-0.15, -0.1) is 0 Å². The molecule has 134 valence electrons. The van der Waals surface area contributed by atoms with Gasteiger partial charge in [0.05, 0.1) is 11.8 Å². The monoisotopic (exact) mass is 344 g/mol. The van der Waals surface area contributed by atoms with Crippen LogP contribution >= 0.6 is 0 Å². The summed E-state index contributed by atoms with van der Waals surface area (Å²) in [5, 5.41) is 9.20. The lowest BCUT2D eigenvalue weighted by Crippen LogP contribution is -2.49. The number of carbonyl (C=O) groups excluding carboxylic acids is 2. The van der Waals surface area contributed by atoms with Crippen LogP contribution in [-0.4, -0.2) is 58.9 Å². The van der Waals surface area contributed by atoms with Crippen molar-refractivity contribution in [2.24, 2.45) is 11.8 Å². The molecule has 0 aliphatic carbocycles. The predicted molar refractivity (Wildman–Crippen MR) is 92.0 cm³/mol. The number of rotatable bonds is 3. The smallest absolute Gasteiger partial charge is 0.308 e. The number of carboxylic acid groups (broad SMARTS) is 1. The van der Waals surface area contributed by atoms with Crippen molar-refractivity contribution in [1.82, 2.24) is 9.80 Å². The predicted octanol–water partition coefficient (Wildman–Crippen LogP) is 1.86. The standard InChI is InChI=1S/C19H24N2O4/c22-17(14-6-2-1-3-7-14)20-10-4-8-15(12-20)18(23)21-11-5-9-16(13-21)19(24)25/h1-3,6-7,15-16H,4-5,8-13H2,(H,24,25)/t15-,16+/m1/s1. The van der Waals surface area contributed by atoms with E-state index in [0.717, 1.165) is 19.3 Å². The molecule has 2 aliphatic heterocycles. The van der Waals surface area contributed by atoms with Crippen molar-refractivity contribution >= 4 is 17.8 Å². The Bertz CT molecular complexity index is 646. The second kappa shape index (κ2) is 7.68. The fraction of sp³-hybridized carbons (Fsp3) is 0.526. The minimum absolute atomic E-state index is 0.00323. The molecule has 0 bridgehead atoms. The van der Waals surface area contributed by atoms with Crippen molar-refractivity contribution in [2.45, 2.75) is 25.7 Å². The Labute approximate surface area is 147 Å². The fourth-order valence-electron chi connectivity index (χ4n) is 3.76. The summed E-state index contributed by atoms with van der Waals surface area (Å²) in [6.07, 6.45) is 2.90. The summed E-state index contributed by atoms with van der Waals surface area (Å²) in [5.74, 6) is -1.57. The number of piperidine rings is 2. The lowest BCUT2D eigenvalue weighted by atomic mass is 9.92. The van der Waals surface area contributed by atoms with Crippen LogP contribution in [0.3, 0.4) is 0 Å². The highest BCUT2D eigenvalue weighted by Crippen LogP contribution is 2.24. The molecular weight excluding hydrogens is 320 g/mol. The summed E-state index contributed by atoms with van der Waals surface area (Å²) in [6, 6.07) is 9.11. The molecule has 2 amide bonds. The highest BCUT2D eigenvalue weighted by molar-refractivity contribution is 5.94. The Hall–Kier alpha value is -2.37. The molecule has 0 spiro atoms. The molecule has 1 N–H and O–H groups in total. The Morgan fingerprint density at radius 1 is 0.880 bits per heavy atom. The summed E-state index contributed by atoms with van der Waals surface area (Å²) in [5.41, 5.74) is 0.638. The molecule has 3 rings (SSSR count). The minimum atomic E-state index is -0.831. The third-order valence-corrected chi connectivity index (χ3v) is 5.16. The third kappa shape index (κ3) is 4.00. The van der Waals surface area contributed by atoms with Crippen molar-refractivity contribution in [3.63, 3.8) is 0 Å². The van der Waals surface area contributed by atoms with Crippen LogP contribution in [0.15, 0.2) is 30.3 Å². The Morgan fingerprint density at radius 2 is 1.48 bits per heavy atom. The number of nitrogens with zero attached hydrogens (tertiary/aromatic N) is 2. The van der Waals surface area contributed by atoms with E-state index in [4.69, 9.17) is 0 Å². The number of aliphatic carboxylic acids is 1. The normalized spacial score (nSPS) is 24.0. The molecule has 2 aliphatic rings. The molecule has 2 atom stereocenters. The zero-order chi connectivity index (χ0) is 17.8. The molecule has 0 unspecified atom stereocenters. The molecule has 0 saturated carbocycles. The van der Waals surface area contributed by atoms with Crippen molar-refractivity contribution in [1.29, 1.82) is 0 Å². The number of carbonyl (C=O) groups is 3. The van der Waals surface area contributed by atoms with Crippen LogP contribution in [0.25, 0.3) is 0 Å². The minimum Gasteiger partial charge on any atom is -0.481 e. The van der Waals surface area contributed by atoms with E-state index in [9.17, 15) is 19.5 Å². The van der Waals surface area contributed by atoms with Crippen LogP contribution in [0.4, 0.5) is 0 Å². The van der Waals surface area contributed by atoms with E-state index in [2.05, 4.69) is 0 Å². The molecule has 6 heteroatoms. The summed E-state index contributed by atoms with van der Waals surface area (Å²) in [4.78, 5) is 40.1. The van der Waals surface area contributed by atoms with Crippen LogP contribution in [0, 0.1) is 11.8 Å². The SMILES string of the molecule is O=C(O)[C@H]1CCCN(C(=O)[C@@H]2CCCN(C(=O)c3ccccc3)C2)C1. The summed E-state index contributed by atoms with van der Waals surface area (Å²) in [6.45, 7) is 1.99. The maximum absolute atomic E-state index is 12.8. The maximum atomic E-state index is 12.8. The van der Waals surface area contributed by atoms with E-state index in [0.29, 0.717) is 31.6 Å². The number of carboxylic acids is 1. The average Bonchev–Trinajstić information content (AvgIpc) is 2.67. The molecule has 0 aromatic heterocycles. The number of hydrogen-bond donors (Lipinski definition) is 1. The van der Waals surface area contributed by atoms with Gasteiger partial charge in [-0.05, 0) is 37.8 Å². The van der Waals surface area contributed by atoms with E-state index in [1.54, 1.807) is 21.9 Å². The van der Waals surface area contributed by atoms with Gasteiger partial charge in [-0.2, -0.15) is 0 Å². The largest absolute Gasteiger partial charge is 0.481 e. The van der Waals surface area contributed by atoms with Crippen LogP contribution in [0.5, 0.6) is 0 Å². The van der Waals surface area contributed by atoms with Gasteiger partial charge in [0.2, 0.25) is 5.91 Å². The molecule has 6 nitrogen and oxygen atoms in total.